The summed E-state index contributed by atoms with van der Waals surface area (Å²) in [6.07, 6.45) is -3.38. The molecule has 0 saturated carbocycles. The van der Waals surface area contributed by atoms with Gasteiger partial charge in [-0.05, 0) is 51.1 Å². The molecule has 0 aliphatic carbocycles. The van der Waals surface area contributed by atoms with Crippen LogP contribution < -0.4 is 5.73 Å². The Morgan fingerprint density at radius 2 is 1.74 bits per heavy atom. The van der Waals surface area contributed by atoms with Gasteiger partial charge in [-0.3, -0.25) is 4.90 Å². The van der Waals surface area contributed by atoms with Crippen LogP contribution in [0, 0.1) is 0 Å². The van der Waals surface area contributed by atoms with Crippen molar-refractivity contribution in [3.05, 3.63) is 35.4 Å². The van der Waals surface area contributed by atoms with Crippen molar-refractivity contribution in [2.45, 2.75) is 39.0 Å². The van der Waals surface area contributed by atoms with Gasteiger partial charge in [0.1, 0.15) is 0 Å². The first kappa shape index (κ1) is 16.0. The van der Waals surface area contributed by atoms with Crippen LogP contribution in [0.5, 0.6) is 0 Å². The molecule has 1 rings (SSSR count). The van der Waals surface area contributed by atoms with E-state index in [1.165, 1.54) is 0 Å². The quantitative estimate of drug-likeness (QED) is 0.862. The number of benzene rings is 1. The van der Waals surface area contributed by atoms with E-state index < -0.39 is 11.7 Å². The maximum absolute atomic E-state index is 12.5. The third-order valence-corrected chi connectivity index (χ3v) is 3.05. The van der Waals surface area contributed by atoms with Crippen LogP contribution in [-0.4, -0.2) is 24.0 Å². The molecule has 19 heavy (non-hydrogen) atoms. The lowest BCUT2D eigenvalue weighted by Gasteiger charge is -2.26. The van der Waals surface area contributed by atoms with Crippen LogP contribution in [0.1, 0.15) is 31.4 Å². The normalized spacial score (nSPS) is 12.4. The number of halogens is 3. The number of nitrogens with two attached hydrogens (primary N) is 1. The van der Waals surface area contributed by atoms with Gasteiger partial charge in [0.2, 0.25) is 0 Å². The van der Waals surface area contributed by atoms with Crippen molar-refractivity contribution < 1.29 is 13.2 Å². The van der Waals surface area contributed by atoms with Crippen LogP contribution in [0.3, 0.4) is 0 Å². The summed E-state index contributed by atoms with van der Waals surface area (Å²) in [5, 5.41) is 0. The first-order valence-corrected chi connectivity index (χ1v) is 6.45. The molecular formula is C14H21F3N2. The second kappa shape index (κ2) is 6.91. The second-order valence-electron chi connectivity index (χ2n) is 4.90. The summed E-state index contributed by atoms with van der Waals surface area (Å²) in [6, 6.07) is 5.70. The largest absolute Gasteiger partial charge is 0.416 e. The molecule has 0 aromatic heterocycles. The van der Waals surface area contributed by atoms with E-state index in [-0.39, 0.29) is 0 Å². The van der Waals surface area contributed by atoms with Crippen molar-refractivity contribution in [1.29, 1.82) is 0 Å². The van der Waals surface area contributed by atoms with Crippen molar-refractivity contribution in [2.24, 2.45) is 5.73 Å². The van der Waals surface area contributed by atoms with Crippen molar-refractivity contribution in [3.8, 4) is 0 Å². The molecule has 0 spiro atoms. The first-order chi connectivity index (χ1) is 8.84. The Morgan fingerprint density at radius 3 is 2.16 bits per heavy atom. The fourth-order valence-electron chi connectivity index (χ4n) is 1.85. The minimum absolute atomic E-state index is 0.342. The Balaban J connectivity index is 2.69. The van der Waals surface area contributed by atoms with E-state index >= 15 is 0 Å². The standard InChI is InChI=1S/C14H21F3N2/c1-11(2)19(9-3-8-18)10-12-4-6-13(7-5-12)14(15,16)17/h4-7,11H,3,8-10,18H2,1-2H3. The SMILES string of the molecule is CC(C)N(CCCN)Cc1ccc(C(F)(F)F)cc1. The minimum Gasteiger partial charge on any atom is -0.330 e. The van der Waals surface area contributed by atoms with Gasteiger partial charge in [-0.2, -0.15) is 13.2 Å². The molecule has 5 heteroatoms. The van der Waals surface area contributed by atoms with Crippen molar-refractivity contribution in [2.75, 3.05) is 13.1 Å². The van der Waals surface area contributed by atoms with Crippen LogP contribution in [0.15, 0.2) is 24.3 Å². The Hall–Kier alpha value is -1.07. The summed E-state index contributed by atoms with van der Waals surface area (Å²) in [7, 11) is 0. The molecule has 2 N–H and O–H groups in total. The highest BCUT2D eigenvalue weighted by atomic mass is 19.4. The third kappa shape index (κ3) is 5.20. The molecule has 108 valence electrons. The Morgan fingerprint density at radius 1 is 1.16 bits per heavy atom. The number of hydrogen-bond acceptors (Lipinski definition) is 2. The molecule has 0 saturated heterocycles. The zero-order chi connectivity index (χ0) is 14.5. The van der Waals surface area contributed by atoms with Gasteiger partial charge in [0.15, 0.2) is 0 Å². The summed E-state index contributed by atoms with van der Waals surface area (Å²) in [5.41, 5.74) is 5.77. The Kier molecular flexibility index (Phi) is 5.82. The smallest absolute Gasteiger partial charge is 0.330 e. The fourth-order valence-corrected chi connectivity index (χ4v) is 1.85. The van der Waals surface area contributed by atoms with Crippen molar-refractivity contribution in [1.82, 2.24) is 4.90 Å². The van der Waals surface area contributed by atoms with Gasteiger partial charge < -0.3 is 5.73 Å². The molecular weight excluding hydrogens is 253 g/mol. The lowest BCUT2D eigenvalue weighted by molar-refractivity contribution is -0.137. The molecule has 0 aliphatic heterocycles. The highest BCUT2D eigenvalue weighted by Gasteiger charge is 2.29. The van der Waals surface area contributed by atoms with E-state index in [1.54, 1.807) is 12.1 Å². The Bertz CT molecular complexity index is 371. The molecule has 0 atom stereocenters. The van der Waals surface area contributed by atoms with Gasteiger partial charge >= 0.3 is 6.18 Å². The fraction of sp³-hybridized carbons (Fsp3) is 0.571. The predicted octanol–water partition coefficient (Wildman–Crippen LogP) is 3.26. The third-order valence-electron chi connectivity index (χ3n) is 3.05. The lowest BCUT2D eigenvalue weighted by Crippen LogP contribution is -2.32. The van der Waals surface area contributed by atoms with E-state index in [0.29, 0.717) is 19.1 Å². The maximum Gasteiger partial charge on any atom is 0.416 e. The molecule has 0 bridgehead atoms. The van der Waals surface area contributed by atoms with Crippen molar-refractivity contribution in [3.63, 3.8) is 0 Å². The van der Waals surface area contributed by atoms with E-state index in [9.17, 15) is 13.2 Å². The molecule has 0 fully saturated rings. The lowest BCUT2D eigenvalue weighted by atomic mass is 10.1. The van der Waals surface area contributed by atoms with Gasteiger partial charge in [0, 0.05) is 12.6 Å². The van der Waals surface area contributed by atoms with Crippen LogP contribution >= 0.6 is 0 Å². The number of rotatable bonds is 6. The summed E-state index contributed by atoms with van der Waals surface area (Å²) in [5.74, 6) is 0. The van der Waals surface area contributed by atoms with Gasteiger partial charge in [0.25, 0.3) is 0 Å². The monoisotopic (exact) mass is 274 g/mol. The molecule has 0 aliphatic rings. The first-order valence-electron chi connectivity index (χ1n) is 6.45. The van der Waals surface area contributed by atoms with E-state index in [2.05, 4.69) is 18.7 Å². The predicted molar refractivity (Wildman–Crippen MR) is 70.7 cm³/mol. The average Bonchev–Trinajstić information content (AvgIpc) is 2.33. The number of nitrogens with zero attached hydrogens (tertiary/aromatic N) is 1. The summed E-state index contributed by atoms with van der Waals surface area (Å²) in [6.45, 7) is 6.27. The molecule has 0 amide bonds. The van der Waals surface area contributed by atoms with Crippen LogP contribution in [0.25, 0.3) is 0 Å². The Labute approximate surface area is 112 Å². The summed E-state index contributed by atoms with van der Waals surface area (Å²) >= 11 is 0. The minimum atomic E-state index is -4.27. The van der Waals surface area contributed by atoms with Crippen molar-refractivity contribution >= 4 is 0 Å². The second-order valence-corrected chi connectivity index (χ2v) is 4.90. The van der Waals surface area contributed by atoms with Gasteiger partial charge in [0.05, 0.1) is 5.56 Å². The molecule has 0 heterocycles. The van der Waals surface area contributed by atoms with E-state index in [1.807, 2.05) is 0 Å². The molecule has 1 aromatic carbocycles. The van der Waals surface area contributed by atoms with Gasteiger partial charge in [-0.15, -0.1) is 0 Å². The maximum atomic E-state index is 12.5. The van der Waals surface area contributed by atoms with Crippen LogP contribution in [0.2, 0.25) is 0 Å². The van der Waals surface area contributed by atoms with E-state index in [4.69, 9.17) is 5.73 Å². The van der Waals surface area contributed by atoms with Gasteiger partial charge in [-0.1, -0.05) is 12.1 Å². The zero-order valence-electron chi connectivity index (χ0n) is 11.4. The highest BCUT2D eigenvalue weighted by Crippen LogP contribution is 2.29. The summed E-state index contributed by atoms with van der Waals surface area (Å²) < 4.78 is 37.4. The zero-order valence-corrected chi connectivity index (χ0v) is 11.4. The highest BCUT2D eigenvalue weighted by molar-refractivity contribution is 5.24. The van der Waals surface area contributed by atoms with E-state index in [0.717, 1.165) is 30.7 Å². The van der Waals surface area contributed by atoms with Gasteiger partial charge in [-0.25, -0.2) is 0 Å². The van der Waals surface area contributed by atoms with Crippen LogP contribution in [0.4, 0.5) is 13.2 Å². The number of alkyl halides is 3. The molecule has 0 radical (unpaired) electrons. The molecule has 0 unspecified atom stereocenters. The summed E-state index contributed by atoms with van der Waals surface area (Å²) in [4.78, 5) is 2.20. The molecule has 2 nitrogen and oxygen atoms in total. The topological polar surface area (TPSA) is 29.3 Å². The number of hydrogen-bond donors (Lipinski definition) is 1. The molecule has 1 aromatic rings. The average molecular weight is 274 g/mol. The van der Waals surface area contributed by atoms with Crippen LogP contribution in [-0.2, 0) is 12.7 Å².